The van der Waals surface area contributed by atoms with Crippen molar-refractivity contribution in [3.63, 3.8) is 0 Å². The molecule has 2 aromatic carbocycles. The van der Waals surface area contributed by atoms with Crippen molar-refractivity contribution in [2.75, 3.05) is 0 Å². The van der Waals surface area contributed by atoms with Crippen molar-refractivity contribution in [2.45, 2.75) is 26.7 Å². The number of allylic oxidation sites excluding steroid dienone is 3. The molecule has 102 valence electrons. The molecule has 0 heteroatoms. The molecule has 0 spiro atoms. The molecule has 0 unspecified atom stereocenters. The highest BCUT2D eigenvalue weighted by atomic mass is 14.1. The van der Waals surface area contributed by atoms with Crippen LogP contribution in [0.5, 0.6) is 0 Å². The second-order valence-corrected chi connectivity index (χ2v) is 5.21. The van der Waals surface area contributed by atoms with Crippen molar-refractivity contribution in [3.05, 3.63) is 89.5 Å². The van der Waals surface area contributed by atoms with Gasteiger partial charge in [0, 0.05) is 0 Å². The van der Waals surface area contributed by atoms with E-state index in [1.807, 2.05) is 0 Å². The van der Waals surface area contributed by atoms with E-state index in [0.717, 1.165) is 12.8 Å². The van der Waals surface area contributed by atoms with E-state index in [1.54, 1.807) is 0 Å². The molecular weight excluding hydrogens is 240 g/mol. The Balaban J connectivity index is 2.26. The Bertz CT molecular complexity index is 528. The largest absolute Gasteiger partial charge is 0.0856 e. The summed E-state index contributed by atoms with van der Waals surface area (Å²) in [7, 11) is 0. The van der Waals surface area contributed by atoms with Crippen molar-refractivity contribution in [2.24, 2.45) is 0 Å². The molecule has 0 aromatic heterocycles. The monoisotopic (exact) mass is 262 g/mol. The first-order valence-electron chi connectivity index (χ1n) is 7.22. The van der Waals surface area contributed by atoms with E-state index < -0.39 is 0 Å². The third-order valence-electron chi connectivity index (χ3n) is 3.24. The van der Waals surface area contributed by atoms with Crippen LogP contribution >= 0.6 is 0 Å². The van der Waals surface area contributed by atoms with Crippen LogP contribution in [-0.2, 0) is 0 Å². The number of benzene rings is 2. The Hall–Kier alpha value is -2.08. The second kappa shape index (κ2) is 7.49. The van der Waals surface area contributed by atoms with E-state index >= 15 is 0 Å². The van der Waals surface area contributed by atoms with Crippen LogP contribution in [0, 0.1) is 0 Å². The topological polar surface area (TPSA) is 0 Å². The Kier molecular flexibility index (Phi) is 5.37. The summed E-state index contributed by atoms with van der Waals surface area (Å²) in [5, 5.41) is 0. The van der Waals surface area contributed by atoms with E-state index in [9.17, 15) is 0 Å². The summed E-state index contributed by atoms with van der Waals surface area (Å²) in [6, 6.07) is 21.2. The summed E-state index contributed by atoms with van der Waals surface area (Å²) < 4.78 is 0. The summed E-state index contributed by atoms with van der Waals surface area (Å²) in [5.74, 6) is 0. The van der Waals surface area contributed by atoms with Crippen molar-refractivity contribution >= 4 is 5.57 Å². The molecule has 0 aliphatic carbocycles. The zero-order valence-corrected chi connectivity index (χ0v) is 12.3. The molecule has 0 saturated carbocycles. The standard InChI is InChI=1S/C20H22/c1-17(2)11-9-10-16-20(18-12-5-3-6-13-18)19-14-7-4-8-15-19/h3-8,11-16H,9-10H2,1-2H3. The first-order chi connectivity index (χ1) is 9.77. The number of hydrogen-bond donors (Lipinski definition) is 0. The minimum atomic E-state index is 1.07. The van der Waals surface area contributed by atoms with Crippen LogP contribution in [0.1, 0.15) is 37.8 Å². The Morgan fingerprint density at radius 3 is 1.60 bits per heavy atom. The summed E-state index contributed by atoms with van der Waals surface area (Å²) in [4.78, 5) is 0. The Morgan fingerprint density at radius 1 is 0.700 bits per heavy atom. The summed E-state index contributed by atoms with van der Waals surface area (Å²) >= 11 is 0. The number of hydrogen-bond acceptors (Lipinski definition) is 0. The van der Waals surface area contributed by atoms with Gasteiger partial charge in [0.15, 0.2) is 0 Å². The van der Waals surface area contributed by atoms with Crippen LogP contribution in [0.25, 0.3) is 5.57 Å². The van der Waals surface area contributed by atoms with Crippen molar-refractivity contribution < 1.29 is 0 Å². The molecule has 0 heterocycles. The average Bonchev–Trinajstić information content (AvgIpc) is 2.49. The smallest absolute Gasteiger partial charge is 0.0151 e. The highest BCUT2D eigenvalue weighted by Gasteiger charge is 2.03. The normalized spacial score (nSPS) is 9.90. The minimum Gasteiger partial charge on any atom is -0.0856 e. The lowest BCUT2D eigenvalue weighted by Crippen LogP contribution is -1.87. The SMILES string of the molecule is CC(C)=CCCC=C(c1ccccc1)c1ccccc1. The number of unbranched alkanes of at least 4 members (excludes halogenated alkanes) is 1. The van der Waals surface area contributed by atoms with Crippen molar-refractivity contribution in [3.8, 4) is 0 Å². The Labute approximate surface area is 122 Å². The summed E-state index contributed by atoms with van der Waals surface area (Å²) in [5.41, 5.74) is 5.29. The van der Waals surface area contributed by atoms with Gasteiger partial charge in [0.25, 0.3) is 0 Å². The molecule has 0 bridgehead atoms. The van der Waals surface area contributed by atoms with Gasteiger partial charge in [-0.2, -0.15) is 0 Å². The molecule has 0 aliphatic heterocycles. The maximum absolute atomic E-state index is 2.35. The quantitative estimate of drug-likeness (QED) is 0.467. The van der Waals surface area contributed by atoms with Crippen LogP contribution in [0.4, 0.5) is 0 Å². The van der Waals surface area contributed by atoms with Gasteiger partial charge in [0.05, 0.1) is 0 Å². The molecule has 2 rings (SSSR count). The van der Waals surface area contributed by atoms with E-state index in [2.05, 4.69) is 86.7 Å². The van der Waals surface area contributed by atoms with Crippen LogP contribution in [-0.4, -0.2) is 0 Å². The first kappa shape index (κ1) is 14.3. The molecule has 0 nitrogen and oxygen atoms in total. The predicted molar refractivity (Wildman–Crippen MR) is 88.6 cm³/mol. The lowest BCUT2D eigenvalue weighted by Gasteiger charge is -2.08. The van der Waals surface area contributed by atoms with E-state index in [-0.39, 0.29) is 0 Å². The lowest BCUT2D eigenvalue weighted by molar-refractivity contribution is 1.03. The van der Waals surface area contributed by atoms with Gasteiger partial charge in [-0.3, -0.25) is 0 Å². The van der Waals surface area contributed by atoms with Crippen LogP contribution in [0.2, 0.25) is 0 Å². The van der Waals surface area contributed by atoms with Crippen LogP contribution < -0.4 is 0 Å². The average molecular weight is 262 g/mol. The van der Waals surface area contributed by atoms with E-state index in [1.165, 1.54) is 22.3 Å². The molecule has 0 fully saturated rings. The summed E-state index contributed by atoms with van der Waals surface area (Å²) in [6.45, 7) is 4.30. The molecule has 0 radical (unpaired) electrons. The zero-order valence-electron chi connectivity index (χ0n) is 12.3. The maximum atomic E-state index is 2.35. The van der Waals surface area contributed by atoms with E-state index in [0.29, 0.717) is 0 Å². The molecule has 0 amide bonds. The highest BCUT2D eigenvalue weighted by Crippen LogP contribution is 2.24. The fraction of sp³-hybridized carbons (Fsp3) is 0.200. The third kappa shape index (κ3) is 4.24. The fourth-order valence-corrected chi connectivity index (χ4v) is 2.24. The second-order valence-electron chi connectivity index (χ2n) is 5.21. The van der Waals surface area contributed by atoms with Gasteiger partial charge in [0.1, 0.15) is 0 Å². The molecule has 0 atom stereocenters. The van der Waals surface area contributed by atoms with Crippen LogP contribution in [0.3, 0.4) is 0 Å². The third-order valence-corrected chi connectivity index (χ3v) is 3.24. The Morgan fingerprint density at radius 2 is 1.15 bits per heavy atom. The van der Waals surface area contributed by atoms with Gasteiger partial charge in [-0.25, -0.2) is 0 Å². The van der Waals surface area contributed by atoms with Gasteiger partial charge >= 0.3 is 0 Å². The first-order valence-corrected chi connectivity index (χ1v) is 7.22. The molecule has 0 saturated heterocycles. The van der Waals surface area contributed by atoms with Gasteiger partial charge in [-0.15, -0.1) is 0 Å². The minimum absolute atomic E-state index is 1.07. The molecule has 0 aliphatic rings. The molecular formula is C20H22. The molecule has 2 aromatic rings. The van der Waals surface area contributed by atoms with Gasteiger partial charge < -0.3 is 0 Å². The fourth-order valence-electron chi connectivity index (χ4n) is 2.24. The summed E-state index contributed by atoms with van der Waals surface area (Å²) in [6.07, 6.45) is 6.82. The predicted octanol–water partition coefficient (Wildman–Crippen LogP) is 5.86. The van der Waals surface area contributed by atoms with Crippen molar-refractivity contribution in [1.82, 2.24) is 0 Å². The zero-order chi connectivity index (χ0) is 14.2. The number of rotatable bonds is 5. The molecule has 0 N–H and O–H groups in total. The molecule has 20 heavy (non-hydrogen) atoms. The lowest BCUT2D eigenvalue weighted by atomic mass is 9.96. The van der Waals surface area contributed by atoms with Crippen LogP contribution in [0.15, 0.2) is 78.4 Å². The highest BCUT2D eigenvalue weighted by molar-refractivity contribution is 5.79. The van der Waals surface area contributed by atoms with Crippen molar-refractivity contribution in [1.29, 1.82) is 0 Å². The van der Waals surface area contributed by atoms with Gasteiger partial charge in [-0.05, 0) is 43.4 Å². The van der Waals surface area contributed by atoms with E-state index in [4.69, 9.17) is 0 Å². The van der Waals surface area contributed by atoms with Gasteiger partial charge in [-0.1, -0.05) is 78.4 Å². The van der Waals surface area contributed by atoms with Gasteiger partial charge in [0.2, 0.25) is 0 Å². The maximum Gasteiger partial charge on any atom is -0.0151 e.